The Morgan fingerprint density at radius 1 is 1.40 bits per heavy atom. The average molecular weight is 272 g/mol. The number of piperidine rings is 3. The molecule has 0 spiro atoms. The zero-order valence-electron chi connectivity index (χ0n) is 12.4. The Bertz CT molecular complexity index is 500. The van der Waals surface area contributed by atoms with Crippen molar-refractivity contribution in [2.24, 2.45) is 11.8 Å². The van der Waals surface area contributed by atoms with Crippen LogP contribution in [-0.4, -0.2) is 29.9 Å². The van der Waals surface area contributed by atoms with Gasteiger partial charge in [0.15, 0.2) is 0 Å². The van der Waals surface area contributed by atoms with Gasteiger partial charge in [0.05, 0.1) is 6.04 Å². The summed E-state index contributed by atoms with van der Waals surface area (Å²) in [7, 11) is 0. The Hall–Kier alpha value is -1.35. The highest BCUT2D eigenvalue weighted by atomic mass is 16.2. The summed E-state index contributed by atoms with van der Waals surface area (Å²) in [6.45, 7) is 6.50. The molecule has 4 rings (SSSR count). The van der Waals surface area contributed by atoms with Crippen molar-refractivity contribution in [3.8, 4) is 0 Å². The van der Waals surface area contributed by atoms with Crippen molar-refractivity contribution >= 4 is 11.6 Å². The van der Waals surface area contributed by atoms with Crippen molar-refractivity contribution in [3.63, 3.8) is 0 Å². The third-order valence-electron chi connectivity index (χ3n) is 5.12. The molecule has 1 amide bonds. The molecule has 0 saturated carbocycles. The summed E-state index contributed by atoms with van der Waals surface area (Å²) in [5, 5.41) is 3.12. The smallest absolute Gasteiger partial charge is 0.241 e. The second-order valence-electron chi connectivity index (χ2n) is 6.27. The fourth-order valence-electron chi connectivity index (χ4n) is 3.80. The standard InChI is InChI=1S/C17H24N2O/c1-3-13-11-19-9-8-14(13)10-16(19)17(20)18-15-7-5-4-6-12(15)2/h4-7,13-14,16H,3,8-11H2,1-2H3,(H,18,20)/t13-,14+,16+/m1/s1. The first-order valence-corrected chi connectivity index (χ1v) is 7.79. The summed E-state index contributed by atoms with van der Waals surface area (Å²) in [5.41, 5.74) is 2.08. The van der Waals surface area contributed by atoms with Gasteiger partial charge in [0.25, 0.3) is 0 Å². The molecule has 0 radical (unpaired) electrons. The SMILES string of the molecule is CC[C@@H]1CN2CC[C@H]1C[C@H]2C(=O)Nc1ccccc1C. The van der Waals surface area contributed by atoms with Crippen LogP contribution in [0, 0.1) is 18.8 Å². The van der Waals surface area contributed by atoms with Crippen molar-refractivity contribution in [2.75, 3.05) is 18.4 Å². The number of benzene rings is 1. The molecule has 3 aliphatic heterocycles. The first-order valence-electron chi connectivity index (χ1n) is 7.79. The highest BCUT2D eigenvalue weighted by Crippen LogP contribution is 2.38. The van der Waals surface area contributed by atoms with Gasteiger partial charge >= 0.3 is 0 Å². The first kappa shape index (κ1) is 13.6. The van der Waals surface area contributed by atoms with Crippen LogP contribution >= 0.6 is 0 Å². The second kappa shape index (κ2) is 5.57. The molecule has 0 aromatic heterocycles. The molecular formula is C17H24N2O. The lowest BCUT2D eigenvalue weighted by molar-refractivity contribution is -0.127. The monoisotopic (exact) mass is 272 g/mol. The van der Waals surface area contributed by atoms with E-state index >= 15 is 0 Å². The third-order valence-corrected chi connectivity index (χ3v) is 5.12. The van der Waals surface area contributed by atoms with Crippen molar-refractivity contribution in [2.45, 2.75) is 39.2 Å². The lowest BCUT2D eigenvalue weighted by atomic mass is 9.74. The van der Waals surface area contributed by atoms with E-state index in [2.05, 4.69) is 17.1 Å². The van der Waals surface area contributed by atoms with E-state index in [0.29, 0.717) is 0 Å². The largest absolute Gasteiger partial charge is 0.324 e. The average Bonchev–Trinajstić information content (AvgIpc) is 2.49. The summed E-state index contributed by atoms with van der Waals surface area (Å²) >= 11 is 0. The number of amides is 1. The minimum Gasteiger partial charge on any atom is -0.324 e. The maximum absolute atomic E-state index is 12.6. The van der Waals surface area contributed by atoms with Crippen LogP contribution in [0.3, 0.4) is 0 Å². The molecule has 3 heterocycles. The second-order valence-corrected chi connectivity index (χ2v) is 6.27. The van der Waals surface area contributed by atoms with E-state index in [1.807, 2.05) is 31.2 Å². The molecule has 1 aromatic rings. The van der Waals surface area contributed by atoms with E-state index in [1.54, 1.807) is 0 Å². The van der Waals surface area contributed by atoms with Crippen molar-refractivity contribution in [1.82, 2.24) is 4.90 Å². The van der Waals surface area contributed by atoms with Crippen LogP contribution in [0.15, 0.2) is 24.3 Å². The Kier molecular flexibility index (Phi) is 3.79. The normalized spacial score (nSPS) is 32.1. The highest BCUT2D eigenvalue weighted by molar-refractivity contribution is 5.95. The quantitative estimate of drug-likeness (QED) is 0.917. The molecule has 4 atom stereocenters. The Balaban J connectivity index is 1.69. The van der Waals surface area contributed by atoms with E-state index < -0.39 is 0 Å². The van der Waals surface area contributed by atoms with Crippen LogP contribution in [0.2, 0.25) is 0 Å². The van der Waals surface area contributed by atoms with Gasteiger partial charge in [0, 0.05) is 12.2 Å². The molecule has 3 aliphatic rings. The van der Waals surface area contributed by atoms with Gasteiger partial charge in [-0.05, 0) is 49.8 Å². The van der Waals surface area contributed by atoms with Crippen LogP contribution in [0.1, 0.15) is 31.7 Å². The summed E-state index contributed by atoms with van der Waals surface area (Å²) < 4.78 is 0. The van der Waals surface area contributed by atoms with Crippen molar-refractivity contribution in [1.29, 1.82) is 0 Å². The minimum atomic E-state index is 0.0798. The van der Waals surface area contributed by atoms with Crippen LogP contribution < -0.4 is 5.32 Å². The molecule has 20 heavy (non-hydrogen) atoms. The molecule has 2 bridgehead atoms. The predicted octanol–water partition coefficient (Wildman–Crippen LogP) is 3.05. The Morgan fingerprint density at radius 2 is 2.20 bits per heavy atom. The number of aryl methyl sites for hydroxylation is 1. The Labute approximate surface area is 121 Å². The van der Waals surface area contributed by atoms with E-state index in [0.717, 1.165) is 42.6 Å². The van der Waals surface area contributed by atoms with Gasteiger partial charge in [0.1, 0.15) is 0 Å². The van der Waals surface area contributed by atoms with Gasteiger partial charge in [-0.25, -0.2) is 0 Å². The number of para-hydroxylation sites is 1. The number of carbonyl (C=O) groups is 1. The van der Waals surface area contributed by atoms with Crippen LogP contribution in [0.5, 0.6) is 0 Å². The number of hydrogen-bond acceptors (Lipinski definition) is 2. The number of anilines is 1. The fourth-order valence-corrected chi connectivity index (χ4v) is 3.80. The zero-order chi connectivity index (χ0) is 14.1. The maximum atomic E-state index is 12.6. The van der Waals surface area contributed by atoms with Crippen molar-refractivity contribution < 1.29 is 4.79 Å². The van der Waals surface area contributed by atoms with Gasteiger partial charge < -0.3 is 5.32 Å². The van der Waals surface area contributed by atoms with Gasteiger partial charge in [-0.3, -0.25) is 9.69 Å². The number of carbonyl (C=O) groups excluding carboxylic acids is 1. The van der Waals surface area contributed by atoms with Gasteiger partial charge in [-0.1, -0.05) is 31.5 Å². The van der Waals surface area contributed by atoms with Crippen LogP contribution in [0.25, 0.3) is 0 Å². The number of nitrogens with zero attached hydrogens (tertiary/aromatic N) is 1. The molecule has 0 aliphatic carbocycles. The molecule has 1 unspecified atom stereocenters. The van der Waals surface area contributed by atoms with Gasteiger partial charge in [-0.2, -0.15) is 0 Å². The summed E-state index contributed by atoms with van der Waals surface area (Å²) in [4.78, 5) is 14.9. The van der Waals surface area contributed by atoms with Gasteiger partial charge in [0.2, 0.25) is 5.91 Å². The summed E-state index contributed by atoms with van der Waals surface area (Å²) in [6.07, 6.45) is 3.55. The highest BCUT2D eigenvalue weighted by Gasteiger charge is 2.42. The number of rotatable bonds is 3. The van der Waals surface area contributed by atoms with Crippen LogP contribution in [0.4, 0.5) is 5.69 Å². The van der Waals surface area contributed by atoms with Crippen molar-refractivity contribution in [3.05, 3.63) is 29.8 Å². The number of nitrogens with one attached hydrogen (secondary N) is 1. The first-order chi connectivity index (χ1) is 9.69. The number of hydrogen-bond donors (Lipinski definition) is 1. The Morgan fingerprint density at radius 3 is 2.85 bits per heavy atom. The van der Waals surface area contributed by atoms with Gasteiger partial charge in [-0.15, -0.1) is 0 Å². The summed E-state index contributed by atoms with van der Waals surface area (Å²) in [5.74, 6) is 1.72. The lowest BCUT2D eigenvalue weighted by Crippen LogP contribution is -2.57. The molecule has 108 valence electrons. The summed E-state index contributed by atoms with van der Waals surface area (Å²) in [6, 6.07) is 8.08. The van der Waals surface area contributed by atoms with E-state index in [9.17, 15) is 4.79 Å². The zero-order valence-corrected chi connectivity index (χ0v) is 12.4. The molecule has 3 saturated heterocycles. The molecule has 3 fully saturated rings. The lowest BCUT2D eigenvalue weighted by Gasteiger charge is -2.49. The maximum Gasteiger partial charge on any atom is 0.241 e. The van der Waals surface area contributed by atoms with E-state index in [-0.39, 0.29) is 11.9 Å². The molecule has 1 N–H and O–H groups in total. The van der Waals surface area contributed by atoms with E-state index in [1.165, 1.54) is 12.8 Å². The molecule has 3 nitrogen and oxygen atoms in total. The minimum absolute atomic E-state index is 0.0798. The number of fused-ring (bicyclic) bond motifs is 3. The van der Waals surface area contributed by atoms with E-state index in [4.69, 9.17) is 0 Å². The molecular weight excluding hydrogens is 248 g/mol. The fraction of sp³-hybridized carbons (Fsp3) is 0.588. The van der Waals surface area contributed by atoms with Crippen LogP contribution in [-0.2, 0) is 4.79 Å². The third kappa shape index (κ3) is 2.47. The predicted molar refractivity (Wildman–Crippen MR) is 81.7 cm³/mol. The molecule has 3 heteroatoms. The topological polar surface area (TPSA) is 32.3 Å². The molecule has 1 aromatic carbocycles.